The van der Waals surface area contributed by atoms with Crippen LogP contribution in [0.5, 0.6) is 11.5 Å². The van der Waals surface area contributed by atoms with Gasteiger partial charge in [0, 0.05) is 5.02 Å². The van der Waals surface area contributed by atoms with Crippen molar-refractivity contribution in [1.82, 2.24) is 5.01 Å². The standard InChI is InChI=1S/C26H23ClN2O4/c1-32-21-12-16(4-9-20(21)33-14-15-2-5-17(27)6-3-15)13-28-29-24(30)22-18-7-8-19(23(22)25(29)31)26(18)10-11-26/h2-9,12-13,18-19,22-23H,10-11,14H2,1H3/b28-13-/t18-,19-,22-,23+/m1/s1. The number of benzene rings is 2. The summed E-state index contributed by atoms with van der Waals surface area (Å²) in [5.74, 6) is 0.698. The number of ether oxygens (including phenoxy) is 2. The molecule has 1 spiro atoms. The molecule has 2 bridgehead atoms. The third-order valence-electron chi connectivity index (χ3n) is 7.65. The van der Waals surface area contributed by atoms with Gasteiger partial charge in [0.1, 0.15) is 6.61 Å². The number of imide groups is 1. The van der Waals surface area contributed by atoms with E-state index in [1.165, 1.54) is 6.21 Å². The van der Waals surface area contributed by atoms with Crippen LogP contribution in [0, 0.1) is 29.1 Å². The van der Waals surface area contributed by atoms with Gasteiger partial charge in [0.15, 0.2) is 11.5 Å². The highest BCUT2D eigenvalue weighted by molar-refractivity contribution is 6.30. The molecule has 3 aliphatic carbocycles. The van der Waals surface area contributed by atoms with Crippen LogP contribution in [0.15, 0.2) is 59.7 Å². The van der Waals surface area contributed by atoms with E-state index in [1.54, 1.807) is 19.2 Å². The molecule has 33 heavy (non-hydrogen) atoms. The van der Waals surface area contributed by atoms with Gasteiger partial charge in [-0.15, -0.1) is 0 Å². The maximum atomic E-state index is 13.0. The Morgan fingerprint density at radius 2 is 1.70 bits per heavy atom. The van der Waals surface area contributed by atoms with Crippen LogP contribution in [-0.4, -0.2) is 30.1 Å². The molecular weight excluding hydrogens is 440 g/mol. The van der Waals surface area contributed by atoms with Crippen molar-refractivity contribution in [3.63, 3.8) is 0 Å². The monoisotopic (exact) mass is 462 g/mol. The molecule has 6 nitrogen and oxygen atoms in total. The molecule has 0 aromatic heterocycles. The summed E-state index contributed by atoms with van der Waals surface area (Å²) in [5.41, 5.74) is 1.88. The summed E-state index contributed by atoms with van der Waals surface area (Å²) in [7, 11) is 1.57. The van der Waals surface area contributed by atoms with Gasteiger partial charge in [0.05, 0.1) is 25.2 Å². The fraction of sp³-hybridized carbons (Fsp3) is 0.346. The van der Waals surface area contributed by atoms with E-state index < -0.39 is 0 Å². The van der Waals surface area contributed by atoms with Crippen LogP contribution in [0.3, 0.4) is 0 Å². The Hall–Kier alpha value is -3.12. The van der Waals surface area contributed by atoms with Crippen LogP contribution in [0.25, 0.3) is 0 Å². The lowest BCUT2D eigenvalue weighted by atomic mass is 9.85. The van der Waals surface area contributed by atoms with Crippen LogP contribution in [0.4, 0.5) is 0 Å². The van der Waals surface area contributed by atoms with Crippen molar-refractivity contribution in [2.75, 3.05) is 7.11 Å². The molecule has 4 atom stereocenters. The van der Waals surface area contributed by atoms with E-state index in [1.807, 2.05) is 30.3 Å². The third-order valence-corrected chi connectivity index (χ3v) is 7.90. The minimum atomic E-state index is -0.245. The molecule has 0 N–H and O–H groups in total. The van der Waals surface area contributed by atoms with Gasteiger partial charge in [0.2, 0.25) is 0 Å². The summed E-state index contributed by atoms with van der Waals surface area (Å²) >= 11 is 5.93. The number of allylic oxidation sites excluding steroid dienone is 2. The Balaban J connectivity index is 1.16. The number of methoxy groups -OCH3 is 1. The number of nitrogens with zero attached hydrogens (tertiary/aromatic N) is 2. The van der Waals surface area contributed by atoms with Crippen molar-refractivity contribution in [1.29, 1.82) is 0 Å². The molecule has 2 amide bonds. The number of amides is 2. The molecule has 0 unspecified atom stereocenters. The Kier molecular flexibility index (Phi) is 4.63. The van der Waals surface area contributed by atoms with Gasteiger partial charge in [-0.05, 0) is 71.6 Å². The molecule has 7 heteroatoms. The lowest BCUT2D eigenvalue weighted by Gasteiger charge is -2.18. The summed E-state index contributed by atoms with van der Waals surface area (Å²) in [6.07, 6.45) is 8.09. The molecule has 1 heterocycles. The van der Waals surface area contributed by atoms with Gasteiger partial charge in [-0.3, -0.25) is 9.59 Å². The number of halogens is 1. The summed E-state index contributed by atoms with van der Waals surface area (Å²) in [6, 6.07) is 12.8. The van der Waals surface area contributed by atoms with Crippen molar-refractivity contribution >= 4 is 29.6 Å². The van der Waals surface area contributed by atoms with Gasteiger partial charge in [-0.25, -0.2) is 0 Å². The number of hydrogen-bond donors (Lipinski definition) is 0. The predicted octanol–water partition coefficient (Wildman–Crippen LogP) is 4.46. The van der Waals surface area contributed by atoms with E-state index >= 15 is 0 Å². The summed E-state index contributed by atoms with van der Waals surface area (Å²) < 4.78 is 11.4. The fourth-order valence-electron chi connectivity index (χ4n) is 5.93. The van der Waals surface area contributed by atoms with Crippen LogP contribution in [0.1, 0.15) is 24.0 Å². The minimum absolute atomic E-state index is 0.167. The predicted molar refractivity (Wildman–Crippen MR) is 123 cm³/mol. The average Bonchev–Trinajstić information content (AvgIpc) is 3.43. The Morgan fingerprint density at radius 3 is 2.30 bits per heavy atom. The highest BCUT2D eigenvalue weighted by Gasteiger charge is 2.73. The first kappa shape index (κ1) is 20.5. The van der Waals surface area contributed by atoms with Crippen LogP contribution < -0.4 is 9.47 Å². The van der Waals surface area contributed by atoms with E-state index in [0.29, 0.717) is 28.7 Å². The second-order valence-electron chi connectivity index (χ2n) is 9.28. The zero-order chi connectivity index (χ0) is 22.7. The van der Waals surface area contributed by atoms with Gasteiger partial charge < -0.3 is 9.47 Å². The molecule has 168 valence electrons. The fourth-order valence-corrected chi connectivity index (χ4v) is 6.05. The normalized spacial score (nSPS) is 28.2. The second kappa shape index (κ2) is 7.45. The van der Waals surface area contributed by atoms with E-state index in [-0.39, 0.29) is 40.9 Å². The number of hydrogen-bond acceptors (Lipinski definition) is 5. The number of carbonyl (C=O) groups is 2. The highest BCUT2D eigenvalue weighted by atomic mass is 35.5. The molecule has 2 saturated carbocycles. The van der Waals surface area contributed by atoms with E-state index in [2.05, 4.69) is 17.3 Å². The largest absolute Gasteiger partial charge is 0.493 e. The average molecular weight is 463 g/mol. The maximum absolute atomic E-state index is 13.0. The first-order chi connectivity index (χ1) is 16.0. The molecule has 3 fully saturated rings. The molecule has 6 rings (SSSR count). The van der Waals surface area contributed by atoms with Crippen molar-refractivity contribution in [3.8, 4) is 11.5 Å². The first-order valence-corrected chi connectivity index (χ1v) is 11.5. The van der Waals surface area contributed by atoms with Crippen LogP contribution >= 0.6 is 11.6 Å². The Labute approximate surface area is 196 Å². The van der Waals surface area contributed by atoms with E-state index in [9.17, 15) is 9.59 Å². The topological polar surface area (TPSA) is 68.2 Å². The SMILES string of the molecule is COc1cc(/C=N\N2C(=O)[C@@H]3[C@H](C2=O)[C@H]2C=C[C@H]3C23CC3)ccc1OCc1ccc(Cl)cc1. The van der Waals surface area contributed by atoms with Crippen molar-refractivity contribution in [3.05, 3.63) is 70.8 Å². The van der Waals surface area contributed by atoms with Crippen LogP contribution in [0.2, 0.25) is 5.02 Å². The summed E-state index contributed by atoms with van der Waals surface area (Å²) in [6.45, 7) is 0.373. The van der Waals surface area contributed by atoms with Crippen molar-refractivity contribution < 1.29 is 19.1 Å². The zero-order valence-electron chi connectivity index (χ0n) is 18.1. The second-order valence-corrected chi connectivity index (χ2v) is 9.72. The molecular formula is C26H23ClN2O4. The first-order valence-electron chi connectivity index (χ1n) is 11.2. The molecule has 1 aliphatic heterocycles. The summed E-state index contributed by atoms with van der Waals surface area (Å²) in [5, 5.41) is 6.04. The molecule has 1 saturated heterocycles. The van der Waals surface area contributed by atoms with Crippen molar-refractivity contribution in [2.24, 2.45) is 34.2 Å². The van der Waals surface area contributed by atoms with E-state index in [0.717, 1.165) is 23.4 Å². The minimum Gasteiger partial charge on any atom is -0.493 e. The summed E-state index contributed by atoms with van der Waals surface area (Å²) in [4.78, 5) is 26.1. The van der Waals surface area contributed by atoms with Gasteiger partial charge >= 0.3 is 0 Å². The number of rotatable bonds is 6. The van der Waals surface area contributed by atoms with Crippen molar-refractivity contribution in [2.45, 2.75) is 19.4 Å². The lowest BCUT2D eigenvalue weighted by Crippen LogP contribution is -2.30. The van der Waals surface area contributed by atoms with E-state index in [4.69, 9.17) is 21.1 Å². The number of hydrazone groups is 1. The quantitative estimate of drug-likeness (QED) is 0.361. The third kappa shape index (κ3) is 3.11. The Morgan fingerprint density at radius 1 is 1.03 bits per heavy atom. The highest BCUT2D eigenvalue weighted by Crippen LogP contribution is 2.73. The van der Waals surface area contributed by atoms with Crippen LogP contribution in [-0.2, 0) is 16.2 Å². The van der Waals surface area contributed by atoms with Gasteiger partial charge in [-0.1, -0.05) is 35.9 Å². The number of carbonyl (C=O) groups excluding carboxylic acids is 2. The smallest absolute Gasteiger partial charge is 0.254 e. The maximum Gasteiger partial charge on any atom is 0.254 e. The lowest BCUT2D eigenvalue weighted by molar-refractivity contribution is -0.141. The molecule has 0 radical (unpaired) electrons. The Bertz CT molecular complexity index is 1170. The van der Waals surface area contributed by atoms with Gasteiger partial charge in [0.25, 0.3) is 11.8 Å². The van der Waals surface area contributed by atoms with Gasteiger partial charge in [-0.2, -0.15) is 10.1 Å². The molecule has 2 aromatic rings. The molecule has 4 aliphatic rings. The molecule has 2 aromatic carbocycles. The number of fused-ring (bicyclic) bond motifs is 3. The zero-order valence-corrected chi connectivity index (χ0v) is 18.9.